The maximum Gasteiger partial charge on any atom is 0.410 e. The van der Waals surface area contributed by atoms with Crippen LogP contribution in [-0.4, -0.2) is 43.3 Å². The molecule has 0 aliphatic heterocycles. The zero-order chi connectivity index (χ0) is 12.1. The number of likely N-dealkylation sites (N-methyl/N-ethyl adjacent to an activating group) is 2. The van der Waals surface area contributed by atoms with Crippen LogP contribution < -0.4 is 5.32 Å². The van der Waals surface area contributed by atoms with Crippen molar-refractivity contribution >= 4 is 6.09 Å². The van der Waals surface area contributed by atoms with E-state index in [1.165, 1.54) is 0 Å². The summed E-state index contributed by atoms with van der Waals surface area (Å²) in [7, 11) is 3.66. The van der Waals surface area contributed by atoms with Crippen molar-refractivity contribution in [1.29, 1.82) is 0 Å². The summed E-state index contributed by atoms with van der Waals surface area (Å²) in [5, 5.41) is 3.07. The van der Waals surface area contributed by atoms with E-state index in [-0.39, 0.29) is 12.1 Å². The van der Waals surface area contributed by atoms with Crippen LogP contribution in [-0.2, 0) is 4.74 Å². The number of nitrogens with zero attached hydrogens (tertiary/aromatic N) is 1. The molecule has 0 saturated carbocycles. The molecule has 0 aliphatic rings. The highest BCUT2D eigenvalue weighted by atomic mass is 16.6. The zero-order valence-corrected chi connectivity index (χ0v) is 10.8. The van der Waals surface area contributed by atoms with Gasteiger partial charge in [-0.05, 0) is 34.2 Å². The third-order valence-electron chi connectivity index (χ3n) is 2.14. The van der Waals surface area contributed by atoms with Gasteiger partial charge in [0.25, 0.3) is 0 Å². The summed E-state index contributed by atoms with van der Waals surface area (Å²) in [6.07, 6.45) is 0.654. The summed E-state index contributed by atoms with van der Waals surface area (Å²) >= 11 is 0. The standard InChI is InChI=1S/C11H24N2O2/c1-7-9(8-12-5)13(6)10(14)15-11(2,3)4/h9,12H,7-8H2,1-6H3. The fraction of sp³-hybridized carbons (Fsp3) is 0.909. The highest BCUT2D eigenvalue weighted by Crippen LogP contribution is 2.11. The van der Waals surface area contributed by atoms with Crippen molar-refractivity contribution in [1.82, 2.24) is 10.2 Å². The van der Waals surface area contributed by atoms with Crippen LogP contribution in [0.3, 0.4) is 0 Å². The molecule has 0 aromatic rings. The molecule has 0 aromatic heterocycles. The number of carbonyl (C=O) groups excluding carboxylic acids is 1. The number of ether oxygens (including phenoxy) is 1. The summed E-state index contributed by atoms with van der Waals surface area (Å²) in [4.78, 5) is 13.4. The van der Waals surface area contributed by atoms with Crippen LogP contribution in [0.5, 0.6) is 0 Å². The highest BCUT2D eigenvalue weighted by molar-refractivity contribution is 5.68. The second kappa shape index (κ2) is 5.95. The third kappa shape index (κ3) is 5.62. The monoisotopic (exact) mass is 216 g/mol. The summed E-state index contributed by atoms with van der Waals surface area (Å²) in [5.41, 5.74) is -0.427. The minimum Gasteiger partial charge on any atom is -0.444 e. The number of carbonyl (C=O) groups is 1. The molecule has 1 unspecified atom stereocenters. The van der Waals surface area contributed by atoms with Crippen LogP contribution in [0.25, 0.3) is 0 Å². The van der Waals surface area contributed by atoms with Crippen LogP contribution in [0.15, 0.2) is 0 Å². The van der Waals surface area contributed by atoms with Gasteiger partial charge < -0.3 is 15.0 Å². The fourth-order valence-electron chi connectivity index (χ4n) is 1.27. The summed E-state index contributed by atoms with van der Waals surface area (Å²) in [6.45, 7) is 8.46. The maximum atomic E-state index is 11.7. The molecule has 0 bridgehead atoms. The first-order chi connectivity index (χ1) is 6.81. The minimum absolute atomic E-state index is 0.185. The van der Waals surface area contributed by atoms with E-state index < -0.39 is 5.60 Å². The molecule has 0 fully saturated rings. The molecule has 0 aromatic carbocycles. The molecule has 0 rings (SSSR count). The summed E-state index contributed by atoms with van der Waals surface area (Å²) < 4.78 is 5.29. The predicted molar refractivity (Wildman–Crippen MR) is 62.0 cm³/mol. The van der Waals surface area contributed by atoms with Gasteiger partial charge in [-0.1, -0.05) is 6.92 Å². The van der Waals surface area contributed by atoms with Gasteiger partial charge in [0.2, 0.25) is 0 Å². The van der Waals surface area contributed by atoms with Crippen molar-refractivity contribution < 1.29 is 9.53 Å². The van der Waals surface area contributed by atoms with E-state index in [0.717, 1.165) is 13.0 Å². The largest absolute Gasteiger partial charge is 0.444 e. The van der Waals surface area contributed by atoms with Gasteiger partial charge in [0, 0.05) is 19.6 Å². The zero-order valence-electron chi connectivity index (χ0n) is 10.8. The molecule has 0 aliphatic carbocycles. The van der Waals surface area contributed by atoms with Gasteiger partial charge >= 0.3 is 6.09 Å². The predicted octanol–water partition coefficient (Wildman–Crippen LogP) is 1.85. The van der Waals surface area contributed by atoms with E-state index in [4.69, 9.17) is 4.74 Å². The lowest BCUT2D eigenvalue weighted by Crippen LogP contribution is -2.44. The Bertz CT molecular complexity index is 199. The van der Waals surface area contributed by atoms with Gasteiger partial charge in [-0.25, -0.2) is 4.79 Å². The molecule has 0 saturated heterocycles. The average Bonchev–Trinajstić information content (AvgIpc) is 2.10. The first-order valence-electron chi connectivity index (χ1n) is 5.42. The van der Waals surface area contributed by atoms with Crippen LogP contribution in [0.1, 0.15) is 34.1 Å². The Balaban J connectivity index is 4.28. The molecular formula is C11H24N2O2. The number of rotatable bonds is 4. The number of nitrogens with one attached hydrogen (secondary N) is 1. The SMILES string of the molecule is CCC(CNC)N(C)C(=O)OC(C)(C)C. The van der Waals surface area contributed by atoms with Gasteiger partial charge in [0.1, 0.15) is 5.60 Å². The molecule has 90 valence electrons. The molecule has 1 amide bonds. The summed E-state index contributed by atoms with van der Waals surface area (Å²) in [6, 6.07) is 0.185. The molecule has 4 heteroatoms. The van der Waals surface area contributed by atoms with Crippen LogP contribution >= 0.6 is 0 Å². The van der Waals surface area contributed by atoms with Gasteiger partial charge in [-0.15, -0.1) is 0 Å². The molecule has 0 spiro atoms. The van der Waals surface area contributed by atoms with Crippen molar-refractivity contribution in [2.75, 3.05) is 20.6 Å². The molecule has 4 nitrogen and oxygen atoms in total. The second-order valence-electron chi connectivity index (χ2n) is 4.71. The normalized spacial score (nSPS) is 13.5. The smallest absolute Gasteiger partial charge is 0.410 e. The highest BCUT2D eigenvalue weighted by Gasteiger charge is 2.23. The summed E-state index contributed by atoms with van der Waals surface area (Å²) in [5.74, 6) is 0. The third-order valence-corrected chi connectivity index (χ3v) is 2.14. The van der Waals surface area contributed by atoms with E-state index in [1.54, 1.807) is 11.9 Å². The van der Waals surface area contributed by atoms with Crippen molar-refractivity contribution in [2.45, 2.75) is 45.8 Å². The Hall–Kier alpha value is -0.770. The maximum absolute atomic E-state index is 11.7. The lowest BCUT2D eigenvalue weighted by atomic mass is 10.2. The fourth-order valence-corrected chi connectivity index (χ4v) is 1.27. The first-order valence-corrected chi connectivity index (χ1v) is 5.42. The van der Waals surface area contributed by atoms with E-state index in [2.05, 4.69) is 12.2 Å². The van der Waals surface area contributed by atoms with Crippen LogP contribution in [0.4, 0.5) is 4.79 Å². The average molecular weight is 216 g/mol. The Morgan fingerprint density at radius 2 is 2.00 bits per heavy atom. The quantitative estimate of drug-likeness (QED) is 0.779. The van der Waals surface area contributed by atoms with E-state index in [0.29, 0.717) is 0 Å². The van der Waals surface area contributed by atoms with Crippen LogP contribution in [0.2, 0.25) is 0 Å². The van der Waals surface area contributed by atoms with Gasteiger partial charge in [-0.3, -0.25) is 0 Å². The Kier molecular flexibility index (Phi) is 5.65. The van der Waals surface area contributed by atoms with Gasteiger partial charge in [0.05, 0.1) is 0 Å². The van der Waals surface area contributed by atoms with E-state index in [1.807, 2.05) is 27.8 Å². The molecule has 0 radical (unpaired) electrons. The van der Waals surface area contributed by atoms with Crippen molar-refractivity contribution in [3.63, 3.8) is 0 Å². The number of hydrogen-bond acceptors (Lipinski definition) is 3. The van der Waals surface area contributed by atoms with Crippen molar-refractivity contribution in [2.24, 2.45) is 0 Å². The first kappa shape index (κ1) is 14.2. The van der Waals surface area contributed by atoms with Crippen molar-refractivity contribution in [3.8, 4) is 0 Å². The lowest BCUT2D eigenvalue weighted by molar-refractivity contribution is 0.0220. The van der Waals surface area contributed by atoms with Gasteiger partial charge in [-0.2, -0.15) is 0 Å². The molecule has 0 heterocycles. The minimum atomic E-state index is -0.427. The topological polar surface area (TPSA) is 41.6 Å². The van der Waals surface area contributed by atoms with E-state index in [9.17, 15) is 4.79 Å². The second-order valence-corrected chi connectivity index (χ2v) is 4.71. The molecule has 15 heavy (non-hydrogen) atoms. The molecule has 1 N–H and O–H groups in total. The lowest BCUT2D eigenvalue weighted by Gasteiger charge is -2.30. The molecule has 1 atom stereocenters. The van der Waals surface area contributed by atoms with E-state index >= 15 is 0 Å². The Morgan fingerprint density at radius 1 is 1.47 bits per heavy atom. The van der Waals surface area contributed by atoms with Crippen molar-refractivity contribution in [3.05, 3.63) is 0 Å². The van der Waals surface area contributed by atoms with Crippen LogP contribution in [0, 0.1) is 0 Å². The Labute approximate surface area is 93.0 Å². The number of amides is 1. The van der Waals surface area contributed by atoms with Gasteiger partial charge in [0.15, 0.2) is 0 Å². The molecular weight excluding hydrogens is 192 g/mol. The Morgan fingerprint density at radius 3 is 2.33 bits per heavy atom. The number of hydrogen-bond donors (Lipinski definition) is 1.